The summed E-state index contributed by atoms with van der Waals surface area (Å²) >= 11 is 6.50. The van der Waals surface area contributed by atoms with Crippen molar-refractivity contribution in [1.29, 1.82) is 0 Å². The maximum atomic E-state index is 15.3. The Labute approximate surface area is 247 Å². The first kappa shape index (κ1) is 32.2. The van der Waals surface area contributed by atoms with Gasteiger partial charge in [0.2, 0.25) is 0 Å². The monoisotopic (exact) mass is 600 g/mol. The van der Waals surface area contributed by atoms with Gasteiger partial charge in [-0.25, -0.2) is 14.4 Å². The van der Waals surface area contributed by atoms with Crippen molar-refractivity contribution in [2.45, 2.75) is 70.8 Å². The highest BCUT2D eigenvalue weighted by Gasteiger charge is 2.43. The Morgan fingerprint density at radius 1 is 1.20 bits per heavy atom. The number of anilines is 1. The molecule has 2 aromatic carbocycles. The molecule has 0 radical (unpaired) electrons. The molecule has 220 valence electrons. The normalized spacial score (nSPS) is 13.0. The van der Waals surface area contributed by atoms with E-state index in [1.54, 1.807) is 24.3 Å². The first-order valence-corrected chi connectivity index (χ1v) is 16.5. The second kappa shape index (κ2) is 12.3. The second-order valence-electron chi connectivity index (χ2n) is 11.9. The van der Waals surface area contributed by atoms with Crippen molar-refractivity contribution in [2.75, 3.05) is 12.4 Å². The van der Waals surface area contributed by atoms with Gasteiger partial charge in [-0.1, -0.05) is 44.5 Å². The highest BCUT2D eigenvalue weighted by atomic mass is 35.5. The molecule has 0 aliphatic carbocycles. The zero-order chi connectivity index (χ0) is 30.8. The molecule has 0 unspecified atom stereocenters. The summed E-state index contributed by atoms with van der Waals surface area (Å²) in [5.74, 6) is 0.197. The van der Waals surface area contributed by atoms with Crippen molar-refractivity contribution in [3.05, 3.63) is 87.7 Å². The molecule has 1 aromatic heterocycles. The molecule has 41 heavy (non-hydrogen) atoms. The van der Waals surface area contributed by atoms with Gasteiger partial charge in [0.25, 0.3) is 5.69 Å². The summed E-state index contributed by atoms with van der Waals surface area (Å²) in [6, 6.07) is 6.94. The van der Waals surface area contributed by atoms with E-state index in [9.17, 15) is 10.1 Å². The van der Waals surface area contributed by atoms with Crippen LogP contribution in [0.15, 0.2) is 55.4 Å². The average molecular weight is 601 g/mol. The Morgan fingerprint density at radius 2 is 1.83 bits per heavy atom. The van der Waals surface area contributed by atoms with Crippen LogP contribution in [0.25, 0.3) is 11.1 Å². The van der Waals surface area contributed by atoms with Crippen LogP contribution in [0.4, 0.5) is 15.8 Å². The third-order valence-corrected chi connectivity index (χ3v) is 12.4. The van der Waals surface area contributed by atoms with Gasteiger partial charge in [0.15, 0.2) is 14.1 Å². The standard InChI is InChI=1S/C30H38ClFN4O4Si/c1-10-12-23(27-21(31)13-11-14-26(27)39-7)35-24-15-20(22(32)16-25(24)36(37)38)19-17-33-28(34-18-19)30(5,6)40-41(8,9)29(2,3)4/h10-11,13-18,23,35H,1,12H2,2-9H3/t23-/m1/s1. The number of rotatable bonds is 11. The predicted octanol–water partition coefficient (Wildman–Crippen LogP) is 8.84. The third-order valence-electron chi connectivity index (χ3n) is 7.41. The number of hydrogen-bond acceptors (Lipinski definition) is 7. The molecule has 0 bridgehead atoms. The topological polar surface area (TPSA) is 99.4 Å². The van der Waals surface area contributed by atoms with Crippen LogP contribution in [0.1, 0.15) is 58.5 Å². The molecule has 0 saturated carbocycles. The minimum atomic E-state index is -2.13. The average Bonchev–Trinajstić information content (AvgIpc) is 2.87. The van der Waals surface area contributed by atoms with Gasteiger partial charge in [0.05, 0.1) is 24.1 Å². The van der Waals surface area contributed by atoms with Gasteiger partial charge in [-0.05, 0) is 56.6 Å². The summed E-state index contributed by atoms with van der Waals surface area (Å²) < 4.78 is 27.4. The number of hydrogen-bond donors (Lipinski definition) is 1. The molecule has 1 heterocycles. The summed E-state index contributed by atoms with van der Waals surface area (Å²) in [5, 5.41) is 15.5. The Bertz CT molecular complexity index is 1430. The van der Waals surface area contributed by atoms with E-state index in [-0.39, 0.29) is 16.3 Å². The Hall–Kier alpha value is -3.34. The smallest absolute Gasteiger partial charge is 0.295 e. The molecule has 0 fully saturated rings. The Morgan fingerprint density at radius 3 is 2.37 bits per heavy atom. The zero-order valence-electron chi connectivity index (χ0n) is 24.8. The van der Waals surface area contributed by atoms with Crippen LogP contribution in [0.5, 0.6) is 5.75 Å². The lowest BCUT2D eigenvalue weighted by atomic mass is 10.0. The lowest BCUT2D eigenvalue weighted by Crippen LogP contribution is -2.46. The zero-order valence-corrected chi connectivity index (χ0v) is 26.6. The van der Waals surface area contributed by atoms with Gasteiger partial charge >= 0.3 is 0 Å². The summed E-state index contributed by atoms with van der Waals surface area (Å²) in [6.07, 6.45) is 5.04. The number of halogens is 2. The molecule has 0 aliphatic heterocycles. The van der Waals surface area contributed by atoms with Crippen molar-refractivity contribution >= 4 is 31.3 Å². The van der Waals surface area contributed by atoms with Gasteiger partial charge in [-0.3, -0.25) is 10.1 Å². The van der Waals surface area contributed by atoms with Crippen molar-refractivity contribution in [3.8, 4) is 16.9 Å². The first-order chi connectivity index (χ1) is 19.0. The minimum absolute atomic E-state index is 0.00699. The second-order valence-corrected chi connectivity index (χ2v) is 17.0. The molecule has 0 aliphatic rings. The maximum Gasteiger partial charge on any atom is 0.295 e. The number of nitro groups is 1. The Balaban J connectivity index is 2.04. The van der Waals surface area contributed by atoms with Gasteiger partial charge in [0, 0.05) is 34.1 Å². The molecule has 3 rings (SSSR count). The van der Waals surface area contributed by atoms with Gasteiger partial charge in [-0.2, -0.15) is 0 Å². The third kappa shape index (κ3) is 7.12. The fraction of sp³-hybridized carbons (Fsp3) is 0.400. The van der Waals surface area contributed by atoms with Crippen LogP contribution in [0.3, 0.4) is 0 Å². The van der Waals surface area contributed by atoms with E-state index in [0.717, 1.165) is 6.07 Å². The lowest BCUT2D eigenvalue weighted by molar-refractivity contribution is -0.384. The highest BCUT2D eigenvalue weighted by Crippen LogP contribution is 2.42. The molecule has 1 atom stereocenters. The largest absolute Gasteiger partial charge is 0.496 e. The molecule has 0 saturated heterocycles. The van der Waals surface area contributed by atoms with E-state index >= 15 is 4.39 Å². The molecular formula is C30H38ClFN4O4Si. The molecule has 0 amide bonds. The lowest BCUT2D eigenvalue weighted by Gasteiger charge is -2.42. The summed E-state index contributed by atoms with van der Waals surface area (Å²) in [5.41, 5.74) is -0.0139. The fourth-order valence-electron chi connectivity index (χ4n) is 4.30. The van der Waals surface area contributed by atoms with Crippen LogP contribution in [-0.2, 0) is 10.0 Å². The summed E-state index contributed by atoms with van der Waals surface area (Å²) in [6.45, 7) is 18.4. The molecule has 3 aromatic rings. The Kier molecular flexibility index (Phi) is 9.62. The summed E-state index contributed by atoms with van der Waals surface area (Å²) in [7, 11) is -0.619. The first-order valence-electron chi connectivity index (χ1n) is 13.2. The van der Waals surface area contributed by atoms with Crippen molar-refractivity contribution < 1.29 is 18.5 Å². The molecular weight excluding hydrogens is 563 g/mol. The number of methoxy groups -OCH3 is 1. The van der Waals surface area contributed by atoms with Crippen molar-refractivity contribution in [3.63, 3.8) is 0 Å². The fourth-order valence-corrected chi connectivity index (χ4v) is 6.27. The highest BCUT2D eigenvalue weighted by molar-refractivity contribution is 6.74. The van der Waals surface area contributed by atoms with E-state index < -0.39 is 36.4 Å². The van der Waals surface area contributed by atoms with Crippen LogP contribution in [0.2, 0.25) is 23.2 Å². The van der Waals surface area contributed by atoms with Gasteiger partial charge < -0.3 is 14.5 Å². The number of nitro benzene ring substituents is 1. The van der Waals surface area contributed by atoms with Gasteiger partial charge in [0.1, 0.15) is 22.9 Å². The maximum absolute atomic E-state index is 15.3. The van der Waals surface area contributed by atoms with E-state index in [1.807, 2.05) is 13.8 Å². The number of nitrogens with one attached hydrogen (secondary N) is 1. The van der Waals surface area contributed by atoms with Crippen LogP contribution < -0.4 is 10.1 Å². The number of ether oxygens (including phenoxy) is 1. The van der Waals surface area contributed by atoms with Crippen molar-refractivity contribution in [1.82, 2.24) is 9.97 Å². The molecule has 0 spiro atoms. The quantitative estimate of drug-likeness (QED) is 0.101. The van der Waals surface area contributed by atoms with E-state index in [1.165, 1.54) is 25.6 Å². The SMILES string of the molecule is C=CC[C@@H](Nc1cc(-c2cnc(C(C)(C)O[Si](C)(C)C(C)(C)C)nc2)c(F)cc1[N+](=O)[O-])c1c(Cl)cccc1OC. The van der Waals surface area contributed by atoms with Crippen molar-refractivity contribution in [2.24, 2.45) is 0 Å². The van der Waals surface area contributed by atoms with E-state index in [4.69, 9.17) is 20.8 Å². The van der Waals surface area contributed by atoms with Crippen LogP contribution >= 0.6 is 11.6 Å². The number of aromatic nitrogens is 2. The minimum Gasteiger partial charge on any atom is -0.496 e. The molecule has 1 N–H and O–H groups in total. The number of benzene rings is 2. The van der Waals surface area contributed by atoms with Gasteiger partial charge in [-0.15, -0.1) is 6.58 Å². The predicted molar refractivity (Wildman–Crippen MR) is 165 cm³/mol. The van der Waals surface area contributed by atoms with E-state index in [0.29, 0.717) is 34.1 Å². The van der Waals surface area contributed by atoms with Crippen LogP contribution in [-0.4, -0.2) is 30.3 Å². The molecule has 11 heteroatoms. The molecule has 8 nitrogen and oxygen atoms in total. The van der Waals surface area contributed by atoms with Crippen LogP contribution in [0, 0.1) is 15.9 Å². The summed E-state index contributed by atoms with van der Waals surface area (Å²) in [4.78, 5) is 20.3. The number of nitrogens with zero attached hydrogens (tertiary/aromatic N) is 3. The van der Waals surface area contributed by atoms with E-state index in [2.05, 4.69) is 55.7 Å².